The molecule has 0 aliphatic carbocycles. The van der Waals surface area contributed by atoms with Crippen molar-refractivity contribution in [3.8, 4) is 6.07 Å². The third-order valence-electron chi connectivity index (χ3n) is 3.73. The van der Waals surface area contributed by atoms with Crippen LogP contribution in [0.2, 0.25) is 5.02 Å². The maximum absolute atomic E-state index is 12.2. The Morgan fingerprint density at radius 2 is 1.83 bits per heavy atom. The van der Waals surface area contributed by atoms with E-state index in [0.29, 0.717) is 5.69 Å². The molecular weight excluding hydrogens is 418 g/mol. The molecule has 152 valence electrons. The summed E-state index contributed by atoms with van der Waals surface area (Å²) in [6.45, 7) is 1.15. The van der Waals surface area contributed by atoms with E-state index in [1.54, 1.807) is 24.3 Å². The number of hydrogen-bond acceptors (Lipinski definition) is 6. The second-order valence-corrected chi connectivity index (χ2v) is 8.00. The van der Waals surface area contributed by atoms with Gasteiger partial charge in [-0.15, -0.1) is 0 Å². The number of benzene rings is 2. The lowest BCUT2D eigenvalue weighted by molar-refractivity contribution is -0.152. The largest absolute Gasteiger partial charge is 0.452 e. The summed E-state index contributed by atoms with van der Waals surface area (Å²) in [5, 5.41) is 11.6. The number of nitriles is 1. The summed E-state index contributed by atoms with van der Waals surface area (Å²) < 4.78 is 31.6. The molecule has 0 aliphatic heterocycles. The summed E-state index contributed by atoms with van der Waals surface area (Å²) in [6, 6.07) is 14.2. The minimum atomic E-state index is -3.88. The number of carbonyl (C=O) groups excluding carboxylic acids is 2. The Hall–Kier alpha value is -2.93. The predicted octanol–water partition coefficient (Wildman–Crippen LogP) is 2.45. The lowest BCUT2D eigenvalue weighted by Gasteiger charge is -2.14. The molecule has 2 aromatic carbocycles. The van der Waals surface area contributed by atoms with Crippen molar-refractivity contribution in [2.45, 2.75) is 24.3 Å². The summed E-state index contributed by atoms with van der Waals surface area (Å²) in [6.07, 6.45) is -1.41. The first kappa shape index (κ1) is 22.4. The van der Waals surface area contributed by atoms with Crippen LogP contribution in [0.4, 0.5) is 5.69 Å². The highest BCUT2D eigenvalue weighted by Crippen LogP contribution is 2.20. The number of esters is 1. The molecule has 29 heavy (non-hydrogen) atoms. The van der Waals surface area contributed by atoms with E-state index in [1.165, 1.54) is 31.2 Å². The van der Waals surface area contributed by atoms with Crippen molar-refractivity contribution < 1.29 is 22.7 Å². The van der Waals surface area contributed by atoms with Crippen LogP contribution < -0.4 is 10.0 Å². The first-order valence-electron chi connectivity index (χ1n) is 8.48. The van der Waals surface area contributed by atoms with Gasteiger partial charge in [-0.3, -0.25) is 9.59 Å². The molecule has 0 saturated heterocycles. The Morgan fingerprint density at radius 3 is 2.52 bits per heavy atom. The van der Waals surface area contributed by atoms with E-state index < -0.39 is 28.0 Å². The number of hydrogen-bond donors (Lipinski definition) is 2. The third-order valence-corrected chi connectivity index (χ3v) is 5.69. The van der Waals surface area contributed by atoms with Crippen molar-refractivity contribution >= 4 is 39.2 Å². The standard InChI is InChI=1S/C19H18ClN3O5S/c1-13(19(25)23-16-8-4-2-6-14(16)12-21)28-18(24)10-11-22-29(26,27)17-9-5-3-7-15(17)20/h2-9,13,22H,10-11H2,1H3,(H,23,25)/t13-/m0/s1. The number of carbonyl (C=O) groups is 2. The number of halogens is 1. The Kier molecular flexibility index (Phi) is 7.73. The molecule has 0 heterocycles. The van der Waals surface area contributed by atoms with Crippen LogP contribution in [0.3, 0.4) is 0 Å². The van der Waals surface area contributed by atoms with Gasteiger partial charge in [-0.25, -0.2) is 13.1 Å². The van der Waals surface area contributed by atoms with Crippen LogP contribution in [0, 0.1) is 11.3 Å². The number of rotatable bonds is 8. The molecule has 1 amide bonds. The Morgan fingerprint density at radius 1 is 1.17 bits per heavy atom. The second kappa shape index (κ2) is 10.0. The van der Waals surface area contributed by atoms with Crippen LogP contribution in [-0.2, 0) is 24.3 Å². The minimum Gasteiger partial charge on any atom is -0.452 e. The van der Waals surface area contributed by atoms with Gasteiger partial charge in [0.05, 0.1) is 22.7 Å². The average molecular weight is 436 g/mol. The number of nitrogens with one attached hydrogen (secondary N) is 2. The van der Waals surface area contributed by atoms with Crippen LogP contribution in [0.1, 0.15) is 18.9 Å². The minimum absolute atomic E-state index is 0.0607. The molecule has 2 N–H and O–H groups in total. The number of nitrogens with zero attached hydrogens (tertiary/aromatic N) is 1. The topological polar surface area (TPSA) is 125 Å². The molecule has 0 radical (unpaired) electrons. The Labute approximate surface area is 173 Å². The van der Waals surface area contributed by atoms with E-state index in [-0.39, 0.29) is 28.4 Å². The van der Waals surface area contributed by atoms with Crippen molar-refractivity contribution in [1.29, 1.82) is 5.26 Å². The van der Waals surface area contributed by atoms with Crippen molar-refractivity contribution in [1.82, 2.24) is 4.72 Å². The van der Waals surface area contributed by atoms with Gasteiger partial charge in [-0.05, 0) is 31.2 Å². The number of amides is 1. The summed E-state index contributed by atoms with van der Waals surface area (Å²) in [5.74, 6) is -1.37. The lowest BCUT2D eigenvalue weighted by atomic mass is 10.2. The average Bonchev–Trinajstić information content (AvgIpc) is 2.68. The van der Waals surface area contributed by atoms with Gasteiger partial charge < -0.3 is 10.1 Å². The molecule has 8 nitrogen and oxygen atoms in total. The fourth-order valence-electron chi connectivity index (χ4n) is 2.26. The summed E-state index contributed by atoms with van der Waals surface area (Å²) in [4.78, 5) is 24.0. The van der Waals surface area contributed by atoms with Gasteiger partial charge in [0.2, 0.25) is 10.0 Å². The second-order valence-electron chi connectivity index (χ2n) is 5.86. The lowest BCUT2D eigenvalue weighted by Crippen LogP contribution is -2.32. The first-order chi connectivity index (χ1) is 13.7. The van der Waals surface area contributed by atoms with Crippen LogP contribution >= 0.6 is 11.6 Å². The molecule has 0 bridgehead atoms. The van der Waals surface area contributed by atoms with Gasteiger partial charge in [0.15, 0.2) is 6.10 Å². The number of anilines is 1. The summed E-state index contributed by atoms with van der Waals surface area (Å²) in [5.41, 5.74) is 0.573. The van der Waals surface area contributed by atoms with E-state index in [0.717, 1.165) is 0 Å². The summed E-state index contributed by atoms with van der Waals surface area (Å²) >= 11 is 5.87. The monoisotopic (exact) mass is 435 g/mol. The van der Waals surface area contributed by atoms with E-state index in [9.17, 15) is 18.0 Å². The maximum Gasteiger partial charge on any atom is 0.307 e. The Bertz CT molecular complexity index is 1050. The third kappa shape index (κ3) is 6.29. The SMILES string of the molecule is C[C@H](OC(=O)CCNS(=O)(=O)c1ccccc1Cl)C(=O)Nc1ccccc1C#N. The number of ether oxygens (including phenoxy) is 1. The zero-order valence-electron chi connectivity index (χ0n) is 15.4. The van der Waals surface area contributed by atoms with Crippen LogP contribution in [0.25, 0.3) is 0 Å². The van der Waals surface area contributed by atoms with Crippen molar-refractivity contribution in [2.75, 3.05) is 11.9 Å². The molecule has 2 aromatic rings. The van der Waals surface area contributed by atoms with Gasteiger partial charge in [0, 0.05) is 6.54 Å². The highest BCUT2D eigenvalue weighted by Gasteiger charge is 2.21. The zero-order valence-corrected chi connectivity index (χ0v) is 17.0. The zero-order chi connectivity index (χ0) is 21.4. The molecule has 0 aliphatic rings. The fraction of sp³-hybridized carbons (Fsp3) is 0.211. The molecule has 0 fully saturated rings. The smallest absolute Gasteiger partial charge is 0.307 e. The normalized spacial score (nSPS) is 11.9. The van der Waals surface area contributed by atoms with Crippen LogP contribution in [0.15, 0.2) is 53.4 Å². The fourth-order valence-corrected chi connectivity index (χ4v) is 3.81. The first-order valence-corrected chi connectivity index (χ1v) is 10.3. The van der Waals surface area contributed by atoms with Crippen molar-refractivity contribution in [3.05, 3.63) is 59.1 Å². The van der Waals surface area contributed by atoms with Gasteiger partial charge in [0.25, 0.3) is 5.91 Å². The van der Waals surface area contributed by atoms with Gasteiger partial charge in [0.1, 0.15) is 11.0 Å². The molecular formula is C19H18ClN3O5S. The van der Waals surface area contributed by atoms with E-state index in [1.807, 2.05) is 6.07 Å². The molecule has 10 heteroatoms. The predicted molar refractivity (Wildman–Crippen MR) is 107 cm³/mol. The van der Waals surface area contributed by atoms with E-state index >= 15 is 0 Å². The van der Waals surface area contributed by atoms with Gasteiger partial charge in [-0.2, -0.15) is 5.26 Å². The van der Waals surface area contributed by atoms with Crippen LogP contribution in [-0.4, -0.2) is 32.9 Å². The quantitative estimate of drug-likeness (QED) is 0.613. The number of para-hydroxylation sites is 1. The highest BCUT2D eigenvalue weighted by molar-refractivity contribution is 7.89. The molecule has 0 unspecified atom stereocenters. The highest BCUT2D eigenvalue weighted by atomic mass is 35.5. The van der Waals surface area contributed by atoms with E-state index in [2.05, 4.69) is 10.0 Å². The van der Waals surface area contributed by atoms with Crippen molar-refractivity contribution in [3.63, 3.8) is 0 Å². The van der Waals surface area contributed by atoms with Gasteiger partial charge in [-0.1, -0.05) is 35.9 Å². The summed E-state index contributed by atoms with van der Waals surface area (Å²) in [7, 11) is -3.88. The molecule has 0 saturated carbocycles. The van der Waals surface area contributed by atoms with Crippen LogP contribution in [0.5, 0.6) is 0 Å². The molecule has 0 spiro atoms. The Balaban J connectivity index is 1.85. The molecule has 2 rings (SSSR count). The molecule has 1 atom stereocenters. The molecule has 0 aromatic heterocycles. The van der Waals surface area contributed by atoms with Gasteiger partial charge >= 0.3 is 5.97 Å². The maximum atomic E-state index is 12.2. The van der Waals surface area contributed by atoms with Crippen molar-refractivity contribution in [2.24, 2.45) is 0 Å². The van der Waals surface area contributed by atoms with E-state index in [4.69, 9.17) is 21.6 Å². The number of sulfonamides is 1.